The monoisotopic (exact) mass is 391 g/mol. The van der Waals surface area contributed by atoms with Gasteiger partial charge < -0.3 is 19.5 Å². The van der Waals surface area contributed by atoms with Crippen molar-refractivity contribution in [2.45, 2.75) is 6.61 Å². The normalized spacial score (nSPS) is 10.1. The van der Waals surface area contributed by atoms with Crippen LogP contribution in [-0.4, -0.2) is 26.1 Å². The third kappa shape index (κ3) is 5.13. The quantitative estimate of drug-likeness (QED) is 0.608. The molecule has 148 valence electrons. The molecule has 29 heavy (non-hydrogen) atoms. The van der Waals surface area contributed by atoms with E-state index in [4.69, 9.17) is 14.2 Å². The van der Waals surface area contributed by atoms with Crippen LogP contribution in [0.5, 0.6) is 11.5 Å². The summed E-state index contributed by atoms with van der Waals surface area (Å²) in [6, 6.07) is 21.4. The second-order valence-corrected chi connectivity index (χ2v) is 6.16. The predicted molar refractivity (Wildman–Crippen MR) is 110 cm³/mol. The van der Waals surface area contributed by atoms with E-state index in [1.807, 2.05) is 30.3 Å². The van der Waals surface area contributed by atoms with Gasteiger partial charge in [-0.05, 0) is 42.0 Å². The number of hydrogen-bond acceptors (Lipinski definition) is 5. The van der Waals surface area contributed by atoms with Gasteiger partial charge in [-0.15, -0.1) is 0 Å². The molecule has 3 aromatic carbocycles. The highest BCUT2D eigenvalue weighted by molar-refractivity contribution is 6.08. The average Bonchev–Trinajstić information content (AvgIpc) is 2.78. The molecule has 6 heteroatoms. The van der Waals surface area contributed by atoms with E-state index >= 15 is 0 Å². The van der Waals surface area contributed by atoms with Gasteiger partial charge in [0.15, 0.2) is 0 Å². The molecular weight excluding hydrogens is 370 g/mol. The minimum Gasteiger partial charge on any atom is -0.497 e. The lowest BCUT2D eigenvalue weighted by molar-refractivity contribution is 0.0601. The van der Waals surface area contributed by atoms with E-state index in [0.717, 1.165) is 5.56 Å². The molecule has 3 rings (SSSR count). The summed E-state index contributed by atoms with van der Waals surface area (Å²) in [6.45, 7) is 0.400. The van der Waals surface area contributed by atoms with Crippen LogP contribution < -0.4 is 14.8 Å². The maximum atomic E-state index is 12.7. The zero-order valence-corrected chi connectivity index (χ0v) is 16.2. The van der Waals surface area contributed by atoms with Crippen molar-refractivity contribution in [1.82, 2.24) is 0 Å². The topological polar surface area (TPSA) is 73.9 Å². The average molecular weight is 391 g/mol. The van der Waals surface area contributed by atoms with Gasteiger partial charge >= 0.3 is 5.97 Å². The Balaban J connectivity index is 1.75. The molecule has 0 aromatic heterocycles. The first kappa shape index (κ1) is 19.9. The molecule has 0 aliphatic carbocycles. The number of rotatable bonds is 7. The third-order valence-corrected chi connectivity index (χ3v) is 4.22. The van der Waals surface area contributed by atoms with Crippen LogP contribution in [0.4, 0.5) is 5.69 Å². The molecule has 0 saturated carbocycles. The molecule has 0 unspecified atom stereocenters. The summed E-state index contributed by atoms with van der Waals surface area (Å²) < 4.78 is 15.7. The fraction of sp³-hybridized carbons (Fsp3) is 0.130. The van der Waals surface area contributed by atoms with Crippen LogP contribution in [0.15, 0.2) is 72.8 Å². The lowest BCUT2D eigenvalue weighted by Crippen LogP contribution is -2.15. The molecule has 1 N–H and O–H groups in total. The summed E-state index contributed by atoms with van der Waals surface area (Å²) in [4.78, 5) is 24.8. The van der Waals surface area contributed by atoms with Gasteiger partial charge in [-0.2, -0.15) is 0 Å². The number of esters is 1. The van der Waals surface area contributed by atoms with Crippen LogP contribution in [0.2, 0.25) is 0 Å². The maximum absolute atomic E-state index is 12.7. The standard InChI is InChI=1S/C23H21NO5/c1-27-18-11-12-21(20(14-18)23(26)28-2)24-22(25)17-9-6-10-19(13-17)29-15-16-7-4-3-5-8-16/h3-14H,15H2,1-2H3,(H,24,25). The van der Waals surface area contributed by atoms with Crippen molar-refractivity contribution in [3.05, 3.63) is 89.5 Å². The van der Waals surface area contributed by atoms with Crippen LogP contribution in [-0.2, 0) is 11.3 Å². The molecule has 0 radical (unpaired) electrons. The summed E-state index contributed by atoms with van der Waals surface area (Å²) in [5, 5.41) is 2.74. The molecule has 0 aliphatic heterocycles. The number of amides is 1. The summed E-state index contributed by atoms with van der Waals surface area (Å²) >= 11 is 0. The second kappa shape index (κ2) is 9.41. The minimum absolute atomic E-state index is 0.205. The van der Waals surface area contributed by atoms with E-state index in [0.29, 0.717) is 29.4 Å². The Kier molecular flexibility index (Phi) is 6.47. The molecule has 0 atom stereocenters. The lowest BCUT2D eigenvalue weighted by Gasteiger charge is -2.12. The van der Waals surface area contributed by atoms with Crippen LogP contribution in [0.3, 0.4) is 0 Å². The molecule has 0 spiro atoms. The summed E-state index contributed by atoms with van der Waals surface area (Å²) in [5.74, 6) is 0.119. The van der Waals surface area contributed by atoms with Crippen LogP contribution in [0.25, 0.3) is 0 Å². The molecule has 3 aromatic rings. The summed E-state index contributed by atoms with van der Waals surface area (Å²) in [6.07, 6.45) is 0. The van der Waals surface area contributed by atoms with Crippen molar-refractivity contribution in [2.24, 2.45) is 0 Å². The van der Waals surface area contributed by atoms with Crippen LogP contribution in [0.1, 0.15) is 26.3 Å². The van der Waals surface area contributed by atoms with Gasteiger partial charge in [0.25, 0.3) is 5.91 Å². The number of methoxy groups -OCH3 is 2. The SMILES string of the molecule is COC(=O)c1cc(OC)ccc1NC(=O)c1cccc(OCc2ccccc2)c1. The Morgan fingerprint density at radius 2 is 1.66 bits per heavy atom. The highest BCUT2D eigenvalue weighted by Crippen LogP contribution is 2.24. The first-order valence-corrected chi connectivity index (χ1v) is 8.95. The highest BCUT2D eigenvalue weighted by Gasteiger charge is 2.16. The zero-order chi connectivity index (χ0) is 20.6. The Hall–Kier alpha value is -3.80. The van der Waals surface area contributed by atoms with Gasteiger partial charge in [0.1, 0.15) is 18.1 Å². The van der Waals surface area contributed by atoms with Gasteiger partial charge in [-0.1, -0.05) is 36.4 Å². The summed E-state index contributed by atoms with van der Waals surface area (Å²) in [5.41, 5.74) is 1.97. The molecular formula is C23H21NO5. The van der Waals surface area contributed by atoms with Crippen LogP contribution >= 0.6 is 0 Å². The minimum atomic E-state index is -0.570. The van der Waals surface area contributed by atoms with Crippen molar-refractivity contribution in [3.63, 3.8) is 0 Å². The van der Waals surface area contributed by atoms with E-state index in [9.17, 15) is 9.59 Å². The highest BCUT2D eigenvalue weighted by atomic mass is 16.5. The van der Waals surface area contributed by atoms with Gasteiger partial charge in [0, 0.05) is 5.56 Å². The van der Waals surface area contributed by atoms with E-state index in [2.05, 4.69) is 5.32 Å². The lowest BCUT2D eigenvalue weighted by atomic mass is 10.1. The van der Waals surface area contributed by atoms with Crippen LogP contribution in [0, 0.1) is 0 Å². The number of ether oxygens (including phenoxy) is 3. The van der Waals surface area contributed by atoms with Crippen molar-refractivity contribution in [2.75, 3.05) is 19.5 Å². The first-order chi connectivity index (χ1) is 14.1. The number of nitrogens with one attached hydrogen (secondary N) is 1. The fourth-order valence-electron chi connectivity index (χ4n) is 2.70. The molecule has 0 aliphatic rings. The van der Waals surface area contributed by atoms with E-state index in [1.54, 1.807) is 36.4 Å². The number of benzene rings is 3. The Bertz CT molecular complexity index is 1000. The molecule has 1 amide bonds. The predicted octanol–water partition coefficient (Wildman–Crippen LogP) is 4.31. The van der Waals surface area contributed by atoms with E-state index in [-0.39, 0.29) is 11.5 Å². The Morgan fingerprint density at radius 3 is 2.38 bits per heavy atom. The molecule has 0 saturated heterocycles. The second-order valence-electron chi connectivity index (χ2n) is 6.16. The number of anilines is 1. The van der Waals surface area contributed by atoms with E-state index in [1.165, 1.54) is 20.3 Å². The number of carbonyl (C=O) groups excluding carboxylic acids is 2. The maximum Gasteiger partial charge on any atom is 0.340 e. The molecule has 0 heterocycles. The van der Waals surface area contributed by atoms with Crippen molar-refractivity contribution < 1.29 is 23.8 Å². The van der Waals surface area contributed by atoms with Crippen molar-refractivity contribution in [1.29, 1.82) is 0 Å². The number of carbonyl (C=O) groups is 2. The largest absolute Gasteiger partial charge is 0.497 e. The molecule has 0 fully saturated rings. The third-order valence-electron chi connectivity index (χ3n) is 4.22. The van der Waals surface area contributed by atoms with E-state index < -0.39 is 5.97 Å². The first-order valence-electron chi connectivity index (χ1n) is 8.95. The van der Waals surface area contributed by atoms with Gasteiger partial charge in [-0.3, -0.25) is 4.79 Å². The fourth-order valence-corrected chi connectivity index (χ4v) is 2.70. The van der Waals surface area contributed by atoms with Gasteiger partial charge in [0.05, 0.1) is 25.5 Å². The Labute approximate surface area is 169 Å². The molecule has 0 bridgehead atoms. The van der Waals surface area contributed by atoms with Crippen molar-refractivity contribution in [3.8, 4) is 11.5 Å². The van der Waals surface area contributed by atoms with Gasteiger partial charge in [-0.25, -0.2) is 4.79 Å². The number of hydrogen-bond donors (Lipinski definition) is 1. The van der Waals surface area contributed by atoms with Crippen molar-refractivity contribution >= 4 is 17.6 Å². The molecule has 6 nitrogen and oxygen atoms in total. The zero-order valence-electron chi connectivity index (χ0n) is 16.2. The Morgan fingerprint density at radius 1 is 0.862 bits per heavy atom. The summed E-state index contributed by atoms with van der Waals surface area (Å²) in [7, 11) is 2.77. The smallest absolute Gasteiger partial charge is 0.340 e. The van der Waals surface area contributed by atoms with Gasteiger partial charge in [0.2, 0.25) is 0 Å².